The first-order chi connectivity index (χ1) is 11.7. The Hall–Kier alpha value is -2.50. The Kier molecular flexibility index (Phi) is 5.03. The van der Waals surface area contributed by atoms with Crippen LogP contribution in [-0.2, 0) is 11.8 Å². The molecule has 0 bridgehead atoms. The summed E-state index contributed by atoms with van der Waals surface area (Å²) in [4.78, 5) is 26.5. The molecule has 0 spiro atoms. The Balaban J connectivity index is 1.57. The number of esters is 1. The maximum absolute atomic E-state index is 12.8. The van der Waals surface area contributed by atoms with E-state index in [0.717, 1.165) is 25.8 Å². The molecule has 128 valence electrons. The second kappa shape index (κ2) is 7.38. The summed E-state index contributed by atoms with van der Waals surface area (Å²) in [6, 6.07) is 5.40. The minimum atomic E-state index is -0.389. The van der Waals surface area contributed by atoms with Gasteiger partial charge in [-0.1, -0.05) is 0 Å². The Morgan fingerprint density at radius 1 is 1.33 bits per heavy atom. The summed E-state index contributed by atoms with van der Waals surface area (Å²) >= 11 is 0. The molecule has 0 saturated carbocycles. The molecule has 3 rings (SSSR count). The minimum absolute atomic E-state index is 0.0494. The van der Waals surface area contributed by atoms with Gasteiger partial charge in [-0.05, 0) is 37.5 Å². The van der Waals surface area contributed by atoms with Crippen molar-refractivity contribution in [3.05, 3.63) is 48.2 Å². The number of ether oxygens (including phenoxy) is 1. The fourth-order valence-electron chi connectivity index (χ4n) is 3.15. The number of hydrogen-bond acceptors (Lipinski definition) is 4. The van der Waals surface area contributed by atoms with Crippen LogP contribution in [0, 0.1) is 0 Å². The predicted octanol–water partition coefficient (Wildman–Crippen LogP) is 2.86. The van der Waals surface area contributed by atoms with Crippen LogP contribution in [0.3, 0.4) is 0 Å². The molecular formula is C18H22N2O4. The quantitative estimate of drug-likeness (QED) is 0.791. The summed E-state index contributed by atoms with van der Waals surface area (Å²) in [5.74, 6) is -0.340. The van der Waals surface area contributed by atoms with E-state index in [-0.39, 0.29) is 17.9 Å². The lowest BCUT2D eigenvalue weighted by molar-refractivity contribution is 0.0406. The summed E-state index contributed by atoms with van der Waals surface area (Å²) in [6.45, 7) is 1.05. The molecule has 1 saturated heterocycles. The second-order valence-corrected chi connectivity index (χ2v) is 6.09. The highest BCUT2D eigenvalue weighted by molar-refractivity contribution is 5.93. The number of piperidine rings is 1. The number of carbonyl (C=O) groups excluding carboxylic acids is 2. The van der Waals surface area contributed by atoms with Crippen LogP contribution in [0.2, 0.25) is 0 Å². The van der Waals surface area contributed by atoms with E-state index >= 15 is 0 Å². The van der Waals surface area contributed by atoms with E-state index < -0.39 is 0 Å². The average Bonchev–Trinajstić information content (AvgIpc) is 3.26. The number of amides is 1. The molecule has 1 fully saturated rings. The molecule has 24 heavy (non-hydrogen) atoms. The van der Waals surface area contributed by atoms with Gasteiger partial charge in [-0.15, -0.1) is 0 Å². The molecule has 0 aliphatic carbocycles. The van der Waals surface area contributed by atoms with Crippen molar-refractivity contribution in [2.24, 2.45) is 7.05 Å². The Bertz CT molecular complexity index is 690. The van der Waals surface area contributed by atoms with E-state index in [9.17, 15) is 9.59 Å². The molecule has 2 aromatic heterocycles. The van der Waals surface area contributed by atoms with Gasteiger partial charge in [0.2, 0.25) is 0 Å². The number of rotatable bonds is 5. The maximum atomic E-state index is 12.8. The number of hydrogen-bond donors (Lipinski definition) is 0. The molecule has 0 radical (unpaired) electrons. The molecule has 1 amide bonds. The third kappa shape index (κ3) is 3.53. The van der Waals surface area contributed by atoms with Crippen molar-refractivity contribution in [3.8, 4) is 0 Å². The SMILES string of the molecule is Cn1cccc1C(=O)N1CCCC[C@@H]1CCOC(=O)c1ccoc1. The highest BCUT2D eigenvalue weighted by atomic mass is 16.5. The van der Waals surface area contributed by atoms with Crippen LogP contribution < -0.4 is 0 Å². The van der Waals surface area contributed by atoms with Crippen LogP contribution in [0.25, 0.3) is 0 Å². The van der Waals surface area contributed by atoms with Gasteiger partial charge in [0.15, 0.2) is 0 Å². The topological polar surface area (TPSA) is 64.7 Å². The third-order valence-electron chi connectivity index (χ3n) is 4.49. The molecule has 0 N–H and O–H groups in total. The summed E-state index contributed by atoms with van der Waals surface area (Å²) in [5.41, 5.74) is 1.10. The molecule has 2 aromatic rings. The molecule has 6 nitrogen and oxygen atoms in total. The molecule has 1 atom stereocenters. The van der Waals surface area contributed by atoms with Crippen LogP contribution in [0.1, 0.15) is 46.5 Å². The van der Waals surface area contributed by atoms with Crippen LogP contribution in [0.15, 0.2) is 41.3 Å². The summed E-state index contributed by atoms with van der Waals surface area (Å²) in [7, 11) is 1.87. The lowest BCUT2D eigenvalue weighted by Crippen LogP contribution is -2.44. The number of aromatic nitrogens is 1. The molecule has 0 aromatic carbocycles. The van der Waals surface area contributed by atoms with Gasteiger partial charge in [-0.25, -0.2) is 4.79 Å². The van der Waals surface area contributed by atoms with Gasteiger partial charge in [0, 0.05) is 32.3 Å². The first-order valence-electron chi connectivity index (χ1n) is 8.28. The van der Waals surface area contributed by atoms with Gasteiger partial charge in [-0.2, -0.15) is 0 Å². The highest BCUT2D eigenvalue weighted by Crippen LogP contribution is 2.22. The predicted molar refractivity (Wildman–Crippen MR) is 87.7 cm³/mol. The Labute approximate surface area is 141 Å². The maximum Gasteiger partial charge on any atom is 0.341 e. The first-order valence-corrected chi connectivity index (χ1v) is 8.28. The van der Waals surface area contributed by atoms with Crippen molar-refractivity contribution in [3.63, 3.8) is 0 Å². The van der Waals surface area contributed by atoms with Gasteiger partial charge in [0.25, 0.3) is 5.91 Å². The van der Waals surface area contributed by atoms with Crippen molar-refractivity contribution in [2.45, 2.75) is 31.7 Å². The molecule has 1 aliphatic heterocycles. The highest BCUT2D eigenvalue weighted by Gasteiger charge is 2.28. The van der Waals surface area contributed by atoms with E-state index in [2.05, 4.69) is 0 Å². The van der Waals surface area contributed by atoms with Crippen LogP contribution >= 0.6 is 0 Å². The summed E-state index contributed by atoms with van der Waals surface area (Å²) < 4.78 is 12.0. The third-order valence-corrected chi connectivity index (χ3v) is 4.49. The average molecular weight is 330 g/mol. The fraction of sp³-hybridized carbons (Fsp3) is 0.444. The van der Waals surface area contributed by atoms with E-state index in [1.807, 2.05) is 34.8 Å². The van der Waals surface area contributed by atoms with Crippen LogP contribution in [0.4, 0.5) is 0 Å². The number of nitrogens with zero attached hydrogens (tertiary/aromatic N) is 2. The Morgan fingerprint density at radius 3 is 2.92 bits per heavy atom. The van der Waals surface area contributed by atoms with Gasteiger partial charge >= 0.3 is 5.97 Å². The van der Waals surface area contributed by atoms with Gasteiger partial charge in [-0.3, -0.25) is 4.79 Å². The number of aryl methyl sites for hydroxylation is 1. The second-order valence-electron chi connectivity index (χ2n) is 6.09. The first kappa shape index (κ1) is 16.4. The van der Waals surface area contributed by atoms with Crippen molar-refractivity contribution in [2.75, 3.05) is 13.2 Å². The van der Waals surface area contributed by atoms with E-state index in [1.165, 1.54) is 12.5 Å². The molecule has 6 heteroatoms. The lowest BCUT2D eigenvalue weighted by atomic mass is 9.99. The number of carbonyl (C=O) groups is 2. The van der Waals surface area contributed by atoms with E-state index in [1.54, 1.807) is 6.07 Å². The largest absolute Gasteiger partial charge is 0.472 e. The number of likely N-dealkylation sites (tertiary alicyclic amines) is 1. The van der Waals surface area contributed by atoms with Crippen molar-refractivity contribution in [1.82, 2.24) is 9.47 Å². The van der Waals surface area contributed by atoms with Crippen LogP contribution in [0.5, 0.6) is 0 Å². The van der Waals surface area contributed by atoms with Crippen molar-refractivity contribution >= 4 is 11.9 Å². The van der Waals surface area contributed by atoms with Gasteiger partial charge in [0.05, 0.1) is 18.4 Å². The zero-order valence-corrected chi connectivity index (χ0v) is 13.8. The monoisotopic (exact) mass is 330 g/mol. The number of furan rings is 1. The van der Waals surface area contributed by atoms with Crippen LogP contribution in [-0.4, -0.2) is 40.5 Å². The molecule has 1 aliphatic rings. The van der Waals surface area contributed by atoms with Crippen molar-refractivity contribution in [1.29, 1.82) is 0 Å². The standard InChI is InChI=1S/C18H22N2O4/c1-19-9-4-6-16(19)17(21)20-10-3-2-5-15(20)8-12-24-18(22)14-7-11-23-13-14/h4,6-7,9,11,13,15H,2-3,5,8,10,12H2,1H3/t15-/m1/s1. The smallest absolute Gasteiger partial charge is 0.341 e. The summed E-state index contributed by atoms with van der Waals surface area (Å²) in [6.07, 6.45) is 8.39. The molecule has 0 unspecified atom stereocenters. The molecule has 3 heterocycles. The summed E-state index contributed by atoms with van der Waals surface area (Å²) in [5, 5.41) is 0. The molecular weight excluding hydrogens is 308 g/mol. The Morgan fingerprint density at radius 2 is 2.21 bits per heavy atom. The zero-order chi connectivity index (χ0) is 16.9. The minimum Gasteiger partial charge on any atom is -0.472 e. The van der Waals surface area contributed by atoms with E-state index in [4.69, 9.17) is 9.15 Å². The lowest BCUT2D eigenvalue weighted by Gasteiger charge is -2.35. The zero-order valence-electron chi connectivity index (χ0n) is 13.8. The van der Waals surface area contributed by atoms with E-state index in [0.29, 0.717) is 24.3 Å². The fourth-order valence-corrected chi connectivity index (χ4v) is 3.15. The van der Waals surface area contributed by atoms with Gasteiger partial charge in [0.1, 0.15) is 12.0 Å². The van der Waals surface area contributed by atoms with Crippen molar-refractivity contribution < 1.29 is 18.7 Å². The normalized spacial score (nSPS) is 17.7. The van der Waals surface area contributed by atoms with Gasteiger partial charge < -0.3 is 18.6 Å².